The van der Waals surface area contributed by atoms with Crippen molar-refractivity contribution in [2.45, 2.75) is 25.9 Å². The second kappa shape index (κ2) is 6.20. The van der Waals surface area contributed by atoms with Crippen LogP contribution in [0, 0.1) is 11.3 Å². The van der Waals surface area contributed by atoms with Crippen molar-refractivity contribution >= 4 is 5.91 Å². The smallest absolute Gasteiger partial charge is 0.274 e. The van der Waals surface area contributed by atoms with E-state index in [0.717, 1.165) is 31.0 Å². The van der Waals surface area contributed by atoms with Crippen LogP contribution in [0.5, 0.6) is 0 Å². The molecule has 8 heteroatoms. The van der Waals surface area contributed by atoms with Crippen molar-refractivity contribution in [3.63, 3.8) is 0 Å². The SMILES string of the molecule is N#Cc1ccc(-c2ocnc2C(=O)NCc2nnc3n2CCC3)cc1. The zero-order chi connectivity index (χ0) is 17.2. The first-order valence-electron chi connectivity index (χ1n) is 7.89. The number of hydrogen-bond donors (Lipinski definition) is 1. The molecular weight excluding hydrogens is 320 g/mol. The van der Waals surface area contributed by atoms with Crippen molar-refractivity contribution in [2.75, 3.05) is 0 Å². The summed E-state index contributed by atoms with van der Waals surface area (Å²) in [6.45, 7) is 1.17. The molecule has 1 N–H and O–H groups in total. The summed E-state index contributed by atoms with van der Waals surface area (Å²) in [5.74, 6) is 1.73. The predicted octanol–water partition coefficient (Wildman–Crippen LogP) is 1.68. The van der Waals surface area contributed by atoms with E-state index in [1.165, 1.54) is 6.39 Å². The van der Waals surface area contributed by atoms with E-state index in [0.29, 0.717) is 16.9 Å². The highest BCUT2D eigenvalue weighted by Crippen LogP contribution is 2.23. The lowest BCUT2D eigenvalue weighted by Gasteiger charge is -2.05. The van der Waals surface area contributed by atoms with Crippen LogP contribution in [0.1, 0.15) is 34.1 Å². The molecule has 3 aromatic rings. The monoisotopic (exact) mass is 334 g/mol. The first kappa shape index (κ1) is 15.1. The molecule has 0 aliphatic carbocycles. The highest BCUT2D eigenvalue weighted by molar-refractivity contribution is 5.97. The molecule has 0 spiro atoms. The molecule has 0 atom stereocenters. The fourth-order valence-electron chi connectivity index (χ4n) is 2.89. The van der Waals surface area contributed by atoms with Gasteiger partial charge in [0.2, 0.25) is 0 Å². The molecule has 124 valence electrons. The number of nitrogens with one attached hydrogen (secondary N) is 1. The van der Waals surface area contributed by atoms with Crippen molar-refractivity contribution in [3.05, 3.63) is 53.6 Å². The Morgan fingerprint density at radius 2 is 2.16 bits per heavy atom. The van der Waals surface area contributed by atoms with Crippen molar-refractivity contribution in [2.24, 2.45) is 0 Å². The van der Waals surface area contributed by atoms with Crippen molar-refractivity contribution < 1.29 is 9.21 Å². The Morgan fingerprint density at radius 1 is 1.32 bits per heavy atom. The molecule has 0 bridgehead atoms. The van der Waals surface area contributed by atoms with Crippen LogP contribution in [0.2, 0.25) is 0 Å². The molecule has 1 amide bonds. The third kappa shape index (κ3) is 2.76. The number of oxazole rings is 1. The predicted molar refractivity (Wildman–Crippen MR) is 86.2 cm³/mol. The summed E-state index contributed by atoms with van der Waals surface area (Å²) < 4.78 is 7.40. The minimum atomic E-state index is -0.344. The second-order valence-corrected chi connectivity index (χ2v) is 5.69. The number of aryl methyl sites for hydroxylation is 1. The highest BCUT2D eigenvalue weighted by atomic mass is 16.3. The molecule has 0 unspecified atom stereocenters. The summed E-state index contributed by atoms with van der Waals surface area (Å²) in [4.78, 5) is 16.5. The molecule has 2 aromatic heterocycles. The van der Waals surface area contributed by atoms with E-state index in [1.54, 1.807) is 24.3 Å². The van der Waals surface area contributed by atoms with E-state index in [1.807, 2.05) is 4.57 Å². The van der Waals surface area contributed by atoms with Gasteiger partial charge in [-0.2, -0.15) is 5.26 Å². The fourth-order valence-corrected chi connectivity index (χ4v) is 2.89. The third-order valence-electron chi connectivity index (χ3n) is 4.15. The number of amides is 1. The summed E-state index contributed by atoms with van der Waals surface area (Å²) in [7, 11) is 0. The van der Waals surface area contributed by atoms with Gasteiger partial charge in [-0.15, -0.1) is 10.2 Å². The van der Waals surface area contributed by atoms with Crippen LogP contribution in [0.3, 0.4) is 0 Å². The lowest BCUT2D eigenvalue weighted by molar-refractivity contribution is 0.0945. The van der Waals surface area contributed by atoms with Gasteiger partial charge in [0.15, 0.2) is 23.7 Å². The quantitative estimate of drug-likeness (QED) is 0.777. The molecule has 1 aromatic carbocycles. The Hall–Kier alpha value is -3.47. The van der Waals surface area contributed by atoms with Crippen molar-refractivity contribution in [1.82, 2.24) is 25.1 Å². The van der Waals surface area contributed by atoms with Gasteiger partial charge >= 0.3 is 0 Å². The maximum absolute atomic E-state index is 12.5. The first-order chi connectivity index (χ1) is 12.3. The number of carbonyl (C=O) groups is 1. The number of rotatable bonds is 4. The van der Waals surface area contributed by atoms with Gasteiger partial charge in [0.05, 0.1) is 18.2 Å². The lowest BCUT2D eigenvalue weighted by Crippen LogP contribution is -2.25. The zero-order valence-electron chi connectivity index (χ0n) is 13.3. The Labute approximate surface area is 143 Å². The van der Waals surface area contributed by atoms with Gasteiger partial charge in [0.25, 0.3) is 5.91 Å². The number of benzene rings is 1. The maximum Gasteiger partial charge on any atom is 0.274 e. The van der Waals surface area contributed by atoms with Gasteiger partial charge in [0.1, 0.15) is 5.82 Å². The van der Waals surface area contributed by atoms with Crippen LogP contribution in [-0.4, -0.2) is 25.7 Å². The van der Waals surface area contributed by atoms with E-state index in [4.69, 9.17) is 9.68 Å². The highest BCUT2D eigenvalue weighted by Gasteiger charge is 2.21. The Balaban J connectivity index is 1.51. The maximum atomic E-state index is 12.5. The van der Waals surface area contributed by atoms with E-state index >= 15 is 0 Å². The molecule has 4 rings (SSSR count). The van der Waals surface area contributed by atoms with Crippen LogP contribution in [0.15, 0.2) is 35.1 Å². The third-order valence-corrected chi connectivity index (χ3v) is 4.15. The average molecular weight is 334 g/mol. The largest absolute Gasteiger partial charge is 0.443 e. The van der Waals surface area contributed by atoms with Gasteiger partial charge in [-0.3, -0.25) is 4.79 Å². The Morgan fingerprint density at radius 3 is 2.96 bits per heavy atom. The molecule has 8 nitrogen and oxygen atoms in total. The topological polar surface area (TPSA) is 110 Å². The molecule has 0 fully saturated rings. The number of fused-ring (bicyclic) bond motifs is 1. The molecular formula is C17H14N6O2. The van der Waals surface area contributed by atoms with Crippen LogP contribution in [0.4, 0.5) is 0 Å². The standard InChI is InChI=1S/C17H14N6O2/c18-8-11-3-5-12(6-4-11)16-15(20-10-25-16)17(24)19-9-14-22-21-13-2-1-7-23(13)14/h3-6,10H,1-2,7,9H2,(H,19,24). The van der Waals surface area contributed by atoms with Gasteiger partial charge in [0, 0.05) is 18.5 Å². The first-order valence-corrected chi connectivity index (χ1v) is 7.89. The van der Waals surface area contributed by atoms with Gasteiger partial charge < -0.3 is 14.3 Å². The molecule has 0 saturated heterocycles. The summed E-state index contributed by atoms with van der Waals surface area (Å²) >= 11 is 0. The van der Waals surface area contributed by atoms with Gasteiger partial charge in [-0.1, -0.05) is 0 Å². The molecule has 0 saturated carbocycles. The molecule has 1 aliphatic heterocycles. The number of nitrogens with zero attached hydrogens (tertiary/aromatic N) is 5. The number of hydrogen-bond acceptors (Lipinski definition) is 6. The Kier molecular flexibility index (Phi) is 3.74. The van der Waals surface area contributed by atoms with E-state index < -0.39 is 0 Å². The fraction of sp³-hybridized carbons (Fsp3) is 0.235. The van der Waals surface area contributed by atoms with Gasteiger partial charge in [-0.25, -0.2) is 4.98 Å². The number of nitriles is 1. The molecule has 3 heterocycles. The number of aromatic nitrogens is 4. The minimum Gasteiger partial charge on any atom is -0.443 e. The van der Waals surface area contributed by atoms with Crippen molar-refractivity contribution in [1.29, 1.82) is 5.26 Å². The summed E-state index contributed by atoms with van der Waals surface area (Å²) in [6.07, 6.45) is 3.21. The van der Waals surface area contributed by atoms with Crippen LogP contribution in [-0.2, 0) is 19.5 Å². The summed E-state index contributed by atoms with van der Waals surface area (Å²) in [5, 5.41) is 19.9. The van der Waals surface area contributed by atoms with Crippen LogP contribution >= 0.6 is 0 Å². The Bertz CT molecular complexity index is 964. The number of carbonyl (C=O) groups excluding carboxylic acids is 1. The van der Waals surface area contributed by atoms with Crippen molar-refractivity contribution in [3.8, 4) is 17.4 Å². The minimum absolute atomic E-state index is 0.200. The normalized spacial score (nSPS) is 12.6. The summed E-state index contributed by atoms with van der Waals surface area (Å²) in [5.41, 5.74) is 1.42. The molecule has 0 radical (unpaired) electrons. The van der Waals surface area contributed by atoms with E-state index in [-0.39, 0.29) is 18.1 Å². The van der Waals surface area contributed by atoms with Crippen LogP contribution < -0.4 is 5.32 Å². The van der Waals surface area contributed by atoms with E-state index in [2.05, 4.69) is 26.6 Å². The van der Waals surface area contributed by atoms with Crippen LogP contribution in [0.25, 0.3) is 11.3 Å². The second-order valence-electron chi connectivity index (χ2n) is 5.69. The summed E-state index contributed by atoms with van der Waals surface area (Å²) in [6, 6.07) is 8.83. The molecule has 25 heavy (non-hydrogen) atoms. The average Bonchev–Trinajstić information content (AvgIpc) is 3.36. The molecule has 1 aliphatic rings. The zero-order valence-corrected chi connectivity index (χ0v) is 13.3. The van der Waals surface area contributed by atoms with E-state index in [9.17, 15) is 4.79 Å². The lowest BCUT2D eigenvalue weighted by atomic mass is 10.1. The van der Waals surface area contributed by atoms with Gasteiger partial charge in [-0.05, 0) is 30.7 Å².